The molecule has 3 heteroatoms. The largest absolute Gasteiger partial charge is 0.377 e. The molecule has 2 saturated heterocycles. The molecule has 2 fully saturated rings. The summed E-state index contributed by atoms with van der Waals surface area (Å²) >= 11 is 0. The molecule has 0 spiro atoms. The van der Waals surface area contributed by atoms with E-state index in [1.807, 2.05) is 0 Å². The van der Waals surface area contributed by atoms with Gasteiger partial charge in [0, 0.05) is 25.2 Å². The van der Waals surface area contributed by atoms with Crippen molar-refractivity contribution in [3.8, 4) is 0 Å². The van der Waals surface area contributed by atoms with Crippen molar-refractivity contribution < 1.29 is 4.74 Å². The van der Waals surface area contributed by atoms with Gasteiger partial charge in [-0.25, -0.2) is 0 Å². The van der Waals surface area contributed by atoms with E-state index in [1.54, 1.807) is 0 Å². The summed E-state index contributed by atoms with van der Waals surface area (Å²) in [6.45, 7) is 5.62. The molecule has 0 aliphatic carbocycles. The Morgan fingerprint density at radius 2 is 2.21 bits per heavy atom. The van der Waals surface area contributed by atoms with Crippen LogP contribution in [0.2, 0.25) is 0 Å². The third-order valence-electron chi connectivity index (χ3n) is 3.67. The summed E-state index contributed by atoms with van der Waals surface area (Å²) in [5, 5.41) is 3.39. The molecule has 0 bridgehead atoms. The van der Waals surface area contributed by atoms with E-state index in [-0.39, 0.29) is 0 Å². The van der Waals surface area contributed by atoms with Gasteiger partial charge in [0.1, 0.15) is 0 Å². The Balaban J connectivity index is 1.90. The lowest BCUT2D eigenvalue weighted by molar-refractivity contribution is 0.0592. The minimum absolute atomic E-state index is 0.436. The monoisotopic (exact) mass is 198 g/mol. The van der Waals surface area contributed by atoms with Crippen LogP contribution in [-0.4, -0.2) is 49.8 Å². The summed E-state index contributed by atoms with van der Waals surface area (Å²) in [7, 11) is 2.07. The van der Waals surface area contributed by atoms with Crippen LogP contribution in [0.4, 0.5) is 0 Å². The van der Waals surface area contributed by atoms with Crippen LogP contribution in [-0.2, 0) is 4.74 Å². The number of likely N-dealkylation sites (tertiary alicyclic amines) is 1. The number of rotatable bonds is 2. The first-order valence-corrected chi connectivity index (χ1v) is 5.84. The predicted molar refractivity (Wildman–Crippen MR) is 57.5 cm³/mol. The number of likely N-dealkylation sites (N-methyl/N-ethyl adjacent to an activating group) is 1. The molecule has 2 heterocycles. The topological polar surface area (TPSA) is 24.5 Å². The van der Waals surface area contributed by atoms with Crippen LogP contribution in [0.15, 0.2) is 0 Å². The van der Waals surface area contributed by atoms with Gasteiger partial charge in [-0.15, -0.1) is 0 Å². The molecule has 0 saturated carbocycles. The summed E-state index contributed by atoms with van der Waals surface area (Å²) in [5.41, 5.74) is 0. The highest BCUT2D eigenvalue weighted by Gasteiger charge is 2.32. The van der Waals surface area contributed by atoms with Gasteiger partial charge in [0.25, 0.3) is 0 Å². The molecular weight excluding hydrogens is 176 g/mol. The Morgan fingerprint density at radius 1 is 1.36 bits per heavy atom. The van der Waals surface area contributed by atoms with Gasteiger partial charge in [-0.3, -0.25) is 4.90 Å². The number of nitrogens with one attached hydrogen (secondary N) is 1. The molecule has 0 aromatic rings. The Labute approximate surface area is 86.8 Å². The fraction of sp³-hybridized carbons (Fsp3) is 1.00. The number of hydrogen-bond donors (Lipinski definition) is 1. The zero-order valence-electron chi connectivity index (χ0n) is 9.33. The van der Waals surface area contributed by atoms with E-state index in [2.05, 4.69) is 24.2 Å². The summed E-state index contributed by atoms with van der Waals surface area (Å²) in [6.07, 6.45) is 4.31. The summed E-state index contributed by atoms with van der Waals surface area (Å²) in [6, 6.07) is 1.36. The highest BCUT2D eigenvalue weighted by Crippen LogP contribution is 2.22. The zero-order valence-corrected chi connectivity index (χ0v) is 9.33. The number of ether oxygens (including phenoxy) is 1. The average Bonchev–Trinajstić information content (AvgIpc) is 2.65. The van der Waals surface area contributed by atoms with Crippen LogP contribution in [0.3, 0.4) is 0 Å². The van der Waals surface area contributed by atoms with Gasteiger partial charge in [0.15, 0.2) is 0 Å². The van der Waals surface area contributed by atoms with Gasteiger partial charge < -0.3 is 10.1 Å². The van der Waals surface area contributed by atoms with Gasteiger partial charge in [-0.1, -0.05) is 0 Å². The van der Waals surface area contributed by atoms with Gasteiger partial charge in [-0.05, 0) is 39.8 Å². The first kappa shape index (κ1) is 10.4. The lowest BCUT2D eigenvalue weighted by Gasteiger charge is -2.37. The SMILES string of the molecule is CNC1CCCN(C2CCOC2C)C1. The van der Waals surface area contributed by atoms with Gasteiger partial charge in [0.2, 0.25) is 0 Å². The maximum Gasteiger partial charge on any atom is 0.0703 e. The molecule has 3 atom stereocenters. The van der Waals surface area contributed by atoms with E-state index in [9.17, 15) is 0 Å². The second-order valence-electron chi connectivity index (χ2n) is 4.55. The van der Waals surface area contributed by atoms with Crippen molar-refractivity contribution in [1.29, 1.82) is 0 Å². The Morgan fingerprint density at radius 3 is 2.86 bits per heavy atom. The molecule has 82 valence electrons. The lowest BCUT2D eigenvalue weighted by atomic mass is 10.0. The minimum Gasteiger partial charge on any atom is -0.377 e. The van der Waals surface area contributed by atoms with Crippen molar-refractivity contribution in [1.82, 2.24) is 10.2 Å². The quantitative estimate of drug-likeness (QED) is 0.712. The van der Waals surface area contributed by atoms with Crippen LogP contribution in [0, 0.1) is 0 Å². The Kier molecular flexibility index (Phi) is 3.42. The first-order valence-electron chi connectivity index (χ1n) is 5.84. The van der Waals surface area contributed by atoms with E-state index in [0.717, 1.165) is 6.61 Å². The van der Waals surface area contributed by atoms with E-state index in [4.69, 9.17) is 4.74 Å². The number of hydrogen-bond acceptors (Lipinski definition) is 3. The second-order valence-corrected chi connectivity index (χ2v) is 4.55. The van der Waals surface area contributed by atoms with Crippen LogP contribution in [0.5, 0.6) is 0 Å². The highest BCUT2D eigenvalue weighted by molar-refractivity contribution is 4.87. The maximum absolute atomic E-state index is 5.63. The maximum atomic E-state index is 5.63. The summed E-state index contributed by atoms with van der Waals surface area (Å²) in [5.74, 6) is 0. The molecule has 2 rings (SSSR count). The lowest BCUT2D eigenvalue weighted by Crippen LogP contribution is -2.50. The fourth-order valence-corrected chi connectivity index (χ4v) is 2.74. The van der Waals surface area contributed by atoms with Crippen LogP contribution in [0.1, 0.15) is 26.2 Å². The average molecular weight is 198 g/mol. The van der Waals surface area contributed by atoms with Crippen LogP contribution >= 0.6 is 0 Å². The van der Waals surface area contributed by atoms with Crippen LogP contribution < -0.4 is 5.32 Å². The van der Waals surface area contributed by atoms with Gasteiger partial charge >= 0.3 is 0 Å². The van der Waals surface area contributed by atoms with Crippen molar-refractivity contribution >= 4 is 0 Å². The molecule has 3 unspecified atom stereocenters. The van der Waals surface area contributed by atoms with Crippen molar-refractivity contribution in [2.75, 3.05) is 26.7 Å². The second kappa shape index (κ2) is 4.60. The summed E-state index contributed by atoms with van der Waals surface area (Å²) in [4.78, 5) is 2.61. The molecule has 0 amide bonds. The van der Waals surface area contributed by atoms with Crippen molar-refractivity contribution in [2.24, 2.45) is 0 Å². The summed E-state index contributed by atoms with van der Waals surface area (Å²) < 4.78 is 5.63. The molecule has 14 heavy (non-hydrogen) atoms. The van der Waals surface area contributed by atoms with Gasteiger partial charge in [-0.2, -0.15) is 0 Å². The fourth-order valence-electron chi connectivity index (χ4n) is 2.74. The minimum atomic E-state index is 0.436. The standard InChI is InChI=1S/C11H22N2O/c1-9-11(5-7-14-9)13-6-3-4-10(8-13)12-2/h9-12H,3-8H2,1-2H3. The van der Waals surface area contributed by atoms with Crippen molar-refractivity contribution in [2.45, 2.75) is 44.4 Å². The van der Waals surface area contributed by atoms with E-state index in [1.165, 1.54) is 32.4 Å². The number of nitrogens with zero attached hydrogens (tertiary/aromatic N) is 1. The zero-order chi connectivity index (χ0) is 9.97. The molecule has 2 aliphatic rings. The molecule has 0 aromatic carbocycles. The molecule has 3 nitrogen and oxygen atoms in total. The Hall–Kier alpha value is -0.120. The van der Waals surface area contributed by atoms with E-state index >= 15 is 0 Å². The van der Waals surface area contributed by atoms with Crippen molar-refractivity contribution in [3.05, 3.63) is 0 Å². The highest BCUT2D eigenvalue weighted by atomic mass is 16.5. The predicted octanol–water partition coefficient (Wildman–Crippen LogP) is 0.848. The molecule has 2 aliphatic heterocycles. The van der Waals surface area contributed by atoms with E-state index < -0.39 is 0 Å². The third kappa shape index (κ3) is 2.10. The third-order valence-corrected chi connectivity index (χ3v) is 3.67. The molecule has 1 N–H and O–H groups in total. The van der Waals surface area contributed by atoms with Gasteiger partial charge in [0.05, 0.1) is 6.10 Å². The molecular formula is C11H22N2O. The number of piperidine rings is 1. The molecule has 0 aromatic heterocycles. The Bertz CT molecular complexity index is 186. The molecule has 0 radical (unpaired) electrons. The van der Waals surface area contributed by atoms with Crippen LogP contribution in [0.25, 0.3) is 0 Å². The first-order chi connectivity index (χ1) is 6.81. The normalized spacial score (nSPS) is 40.3. The van der Waals surface area contributed by atoms with Crippen molar-refractivity contribution in [3.63, 3.8) is 0 Å². The van der Waals surface area contributed by atoms with E-state index in [0.29, 0.717) is 18.2 Å². The smallest absolute Gasteiger partial charge is 0.0703 e.